The summed E-state index contributed by atoms with van der Waals surface area (Å²) in [6, 6.07) is 6.09. The van der Waals surface area contributed by atoms with Crippen molar-refractivity contribution in [2.24, 2.45) is 5.92 Å². The monoisotopic (exact) mass is 416 g/mol. The first-order valence-electron chi connectivity index (χ1n) is 9.47. The van der Waals surface area contributed by atoms with Crippen LogP contribution in [-0.2, 0) is 16.1 Å². The van der Waals surface area contributed by atoms with Crippen molar-refractivity contribution >= 4 is 12.0 Å². The smallest absolute Gasteiger partial charge is 0.422 e. The molecule has 1 aromatic rings. The van der Waals surface area contributed by atoms with E-state index in [1.165, 1.54) is 12.1 Å². The summed E-state index contributed by atoms with van der Waals surface area (Å²) in [7, 11) is 0. The average Bonchev–Trinajstić information content (AvgIpc) is 2.63. The van der Waals surface area contributed by atoms with Crippen LogP contribution >= 0.6 is 0 Å². The van der Waals surface area contributed by atoms with Gasteiger partial charge in [-0.05, 0) is 51.3 Å². The van der Waals surface area contributed by atoms with Crippen LogP contribution in [0.5, 0.6) is 5.75 Å². The zero-order chi connectivity index (χ0) is 21.7. The van der Waals surface area contributed by atoms with Gasteiger partial charge in [-0.25, -0.2) is 4.79 Å². The number of rotatable bonds is 5. The predicted octanol–water partition coefficient (Wildman–Crippen LogP) is 3.89. The molecule has 0 atom stereocenters. The van der Waals surface area contributed by atoms with Crippen molar-refractivity contribution < 1.29 is 32.2 Å². The molecule has 0 saturated carbocycles. The lowest BCUT2D eigenvalue weighted by Crippen LogP contribution is -2.44. The number of nitrogens with zero attached hydrogens (tertiary/aromatic N) is 1. The van der Waals surface area contributed by atoms with Crippen LogP contribution in [0.1, 0.15) is 39.2 Å². The molecule has 0 radical (unpaired) electrons. The molecule has 0 bridgehead atoms. The van der Waals surface area contributed by atoms with Gasteiger partial charge in [0.15, 0.2) is 6.61 Å². The van der Waals surface area contributed by atoms with Crippen LogP contribution in [0.25, 0.3) is 0 Å². The van der Waals surface area contributed by atoms with Crippen molar-refractivity contribution in [3.8, 4) is 5.75 Å². The van der Waals surface area contributed by atoms with Gasteiger partial charge >= 0.3 is 12.3 Å². The van der Waals surface area contributed by atoms with Gasteiger partial charge in [0.25, 0.3) is 0 Å². The molecule has 1 aromatic carbocycles. The second-order valence-corrected chi connectivity index (χ2v) is 8.01. The van der Waals surface area contributed by atoms with Gasteiger partial charge in [-0.3, -0.25) is 4.79 Å². The first-order valence-corrected chi connectivity index (χ1v) is 9.47. The molecule has 6 nitrogen and oxygen atoms in total. The molecule has 162 valence electrons. The summed E-state index contributed by atoms with van der Waals surface area (Å²) in [6.45, 7) is 5.26. The van der Waals surface area contributed by atoms with Crippen molar-refractivity contribution in [2.45, 2.75) is 51.9 Å². The summed E-state index contributed by atoms with van der Waals surface area (Å²) in [5.74, 6) is -0.179. The van der Waals surface area contributed by atoms with Crippen LogP contribution in [0.2, 0.25) is 0 Å². The van der Waals surface area contributed by atoms with E-state index in [9.17, 15) is 22.8 Å². The Bertz CT molecular complexity index is 691. The quantitative estimate of drug-likeness (QED) is 0.791. The van der Waals surface area contributed by atoms with E-state index in [4.69, 9.17) is 4.74 Å². The first kappa shape index (κ1) is 22.8. The topological polar surface area (TPSA) is 67.9 Å². The molecule has 0 aromatic heterocycles. The fourth-order valence-electron chi connectivity index (χ4n) is 2.85. The minimum Gasteiger partial charge on any atom is -0.484 e. The number of piperidine rings is 1. The van der Waals surface area contributed by atoms with Crippen molar-refractivity contribution in [1.29, 1.82) is 0 Å². The Kier molecular flexibility index (Phi) is 7.37. The summed E-state index contributed by atoms with van der Waals surface area (Å²) < 4.78 is 46.4. The lowest BCUT2D eigenvalue weighted by molar-refractivity contribution is -0.153. The van der Waals surface area contributed by atoms with Gasteiger partial charge in [-0.1, -0.05) is 12.1 Å². The van der Waals surface area contributed by atoms with Gasteiger partial charge < -0.3 is 19.7 Å². The van der Waals surface area contributed by atoms with Crippen molar-refractivity contribution in [1.82, 2.24) is 10.2 Å². The standard InChI is InChI=1S/C20H27F3N2O4/c1-19(2,3)29-18(27)25-10-8-15(9-11-25)17(26)24-12-14-4-6-16(7-5-14)28-13-20(21,22)23/h4-7,15H,8-13H2,1-3H3,(H,24,26). The van der Waals surface area contributed by atoms with Gasteiger partial charge in [0.1, 0.15) is 11.4 Å². The van der Waals surface area contributed by atoms with Crippen LogP contribution in [0.15, 0.2) is 24.3 Å². The van der Waals surface area contributed by atoms with E-state index in [0.29, 0.717) is 25.9 Å². The summed E-state index contributed by atoms with van der Waals surface area (Å²) in [5.41, 5.74) is 0.197. The molecule has 0 aliphatic carbocycles. The Morgan fingerprint density at radius 2 is 1.69 bits per heavy atom. The van der Waals surface area contributed by atoms with Crippen LogP contribution in [0.4, 0.5) is 18.0 Å². The van der Waals surface area contributed by atoms with Crippen LogP contribution < -0.4 is 10.1 Å². The molecule has 0 spiro atoms. The number of hydrogen-bond acceptors (Lipinski definition) is 4. The highest BCUT2D eigenvalue weighted by molar-refractivity contribution is 5.79. The van der Waals surface area contributed by atoms with Crippen LogP contribution in [0.3, 0.4) is 0 Å². The largest absolute Gasteiger partial charge is 0.484 e. The molecular formula is C20H27F3N2O4. The van der Waals surface area contributed by atoms with Crippen molar-refractivity contribution in [2.75, 3.05) is 19.7 Å². The normalized spacial score (nSPS) is 15.7. The van der Waals surface area contributed by atoms with Crippen molar-refractivity contribution in [3.63, 3.8) is 0 Å². The van der Waals surface area contributed by atoms with E-state index in [-0.39, 0.29) is 30.2 Å². The third-order valence-corrected chi connectivity index (χ3v) is 4.31. The molecule has 1 aliphatic rings. The molecule has 1 heterocycles. The number of alkyl halides is 3. The summed E-state index contributed by atoms with van der Waals surface area (Å²) in [6.07, 6.45) is -3.65. The maximum absolute atomic E-state index is 12.4. The molecule has 0 unspecified atom stereocenters. The molecule has 2 rings (SSSR count). The molecule has 2 amide bonds. The number of carbonyl (C=O) groups excluding carboxylic acids is 2. The number of halogens is 3. The zero-order valence-electron chi connectivity index (χ0n) is 16.8. The molecule has 1 saturated heterocycles. The lowest BCUT2D eigenvalue weighted by atomic mass is 9.96. The Morgan fingerprint density at radius 1 is 1.10 bits per heavy atom. The van der Waals surface area contributed by atoms with Gasteiger partial charge in [-0.15, -0.1) is 0 Å². The molecule has 1 aliphatic heterocycles. The van der Waals surface area contributed by atoms with E-state index >= 15 is 0 Å². The second-order valence-electron chi connectivity index (χ2n) is 8.01. The number of hydrogen-bond donors (Lipinski definition) is 1. The zero-order valence-corrected chi connectivity index (χ0v) is 16.8. The lowest BCUT2D eigenvalue weighted by Gasteiger charge is -2.32. The summed E-state index contributed by atoms with van der Waals surface area (Å²) >= 11 is 0. The molecule has 9 heteroatoms. The van der Waals surface area contributed by atoms with E-state index in [1.807, 2.05) is 0 Å². The molecule has 29 heavy (non-hydrogen) atoms. The van der Waals surface area contributed by atoms with Gasteiger partial charge in [0.05, 0.1) is 0 Å². The number of likely N-dealkylation sites (tertiary alicyclic amines) is 1. The number of ether oxygens (including phenoxy) is 2. The Morgan fingerprint density at radius 3 is 2.21 bits per heavy atom. The maximum Gasteiger partial charge on any atom is 0.422 e. The average molecular weight is 416 g/mol. The third kappa shape index (κ3) is 8.21. The van der Waals surface area contributed by atoms with Crippen molar-refractivity contribution in [3.05, 3.63) is 29.8 Å². The van der Waals surface area contributed by atoms with E-state index in [0.717, 1.165) is 5.56 Å². The Labute approximate surface area is 168 Å². The number of nitrogens with one attached hydrogen (secondary N) is 1. The van der Waals surface area contributed by atoms with Crippen LogP contribution in [0, 0.1) is 5.92 Å². The van der Waals surface area contributed by atoms with E-state index in [2.05, 4.69) is 10.1 Å². The molecular weight excluding hydrogens is 389 g/mol. The molecule has 1 N–H and O–H groups in total. The highest BCUT2D eigenvalue weighted by Crippen LogP contribution is 2.21. The van der Waals surface area contributed by atoms with E-state index in [1.54, 1.807) is 37.8 Å². The Balaban J connectivity index is 1.74. The predicted molar refractivity (Wildman–Crippen MR) is 100 cm³/mol. The first-order chi connectivity index (χ1) is 13.4. The maximum atomic E-state index is 12.4. The second kappa shape index (κ2) is 9.37. The van der Waals surface area contributed by atoms with E-state index < -0.39 is 18.4 Å². The Hall–Kier alpha value is -2.45. The summed E-state index contributed by atoms with van der Waals surface area (Å²) in [5, 5.41) is 2.83. The van der Waals surface area contributed by atoms with Gasteiger partial charge in [0.2, 0.25) is 5.91 Å². The fraction of sp³-hybridized carbons (Fsp3) is 0.600. The number of amides is 2. The van der Waals surface area contributed by atoms with Gasteiger partial charge in [-0.2, -0.15) is 13.2 Å². The van der Waals surface area contributed by atoms with Gasteiger partial charge in [0, 0.05) is 25.6 Å². The minimum atomic E-state index is -4.38. The highest BCUT2D eigenvalue weighted by Gasteiger charge is 2.30. The molecule has 1 fully saturated rings. The fourth-order valence-corrected chi connectivity index (χ4v) is 2.85. The highest BCUT2D eigenvalue weighted by atomic mass is 19.4. The van der Waals surface area contributed by atoms with Crippen LogP contribution in [-0.4, -0.2) is 48.4 Å². The summed E-state index contributed by atoms with van der Waals surface area (Å²) in [4.78, 5) is 26.0. The third-order valence-electron chi connectivity index (χ3n) is 4.31. The minimum absolute atomic E-state index is 0.105. The SMILES string of the molecule is CC(C)(C)OC(=O)N1CCC(C(=O)NCc2ccc(OCC(F)(F)F)cc2)CC1. The number of carbonyl (C=O) groups is 2. The number of benzene rings is 1.